The topological polar surface area (TPSA) is 43.4 Å². The molecule has 0 N–H and O–H groups in total. The van der Waals surface area contributed by atoms with Crippen molar-refractivity contribution in [3.63, 3.8) is 0 Å². The number of carbonyl (C=O) groups is 2. The Morgan fingerprint density at radius 1 is 1.80 bits per heavy atom. The lowest BCUT2D eigenvalue weighted by Gasteiger charge is -1.96. The van der Waals surface area contributed by atoms with Crippen LogP contribution in [0.2, 0.25) is 0 Å². The summed E-state index contributed by atoms with van der Waals surface area (Å²) in [4.78, 5) is 20.3. The second-order valence-corrected chi connectivity index (χ2v) is 2.60. The highest BCUT2D eigenvalue weighted by Crippen LogP contribution is 2.36. The van der Waals surface area contributed by atoms with Crippen LogP contribution in [0.15, 0.2) is 0 Å². The maximum atomic E-state index is 10.3. The quantitative estimate of drug-likeness (QED) is 0.422. The van der Waals surface area contributed by atoms with Crippen LogP contribution in [0, 0.1) is 11.8 Å². The molecule has 0 heterocycles. The van der Waals surface area contributed by atoms with Crippen molar-refractivity contribution in [2.45, 2.75) is 13.3 Å². The van der Waals surface area contributed by atoms with E-state index in [1.54, 1.807) is 0 Å². The number of esters is 1. The number of rotatable bonds is 3. The van der Waals surface area contributed by atoms with Crippen LogP contribution < -0.4 is 0 Å². The van der Waals surface area contributed by atoms with E-state index in [9.17, 15) is 9.59 Å². The van der Waals surface area contributed by atoms with Crippen LogP contribution in [-0.2, 0) is 14.3 Å². The third kappa shape index (κ3) is 1.83. The summed E-state index contributed by atoms with van der Waals surface area (Å²) < 4.78 is 4.70. The maximum absolute atomic E-state index is 10.3. The van der Waals surface area contributed by atoms with Gasteiger partial charge in [0.25, 0.3) is 0 Å². The van der Waals surface area contributed by atoms with Gasteiger partial charge in [0.05, 0.1) is 6.61 Å². The zero-order valence-corrected chi connectivity index (χ0v) is 5.87. The predicted octanol–water partition coefficient (Wildman–Crippen LogP) is 0.385. The number of ether oxygens (including phenoxy) is 1. The van der Waals surface area contributed by atoms with Crippen molar-refractivity contribution in [1.82, 2.24) is 0 Å². The second kappa shape index (κ2) is 2.82. The number of aldehydes is 1. The molecule has 10 heavy (non-hydrogen) atoms. The fraction of sp³-hybridized carbons (Fsp3) is 0.714. The van der Waals surface area contributed by atoms with Gasteiger partial charge in [0, 0.05) is 18.8 Å². The third-order valence-corrected chi connectivity index (χ3v) is 1.65. The highest BCUT2D eigenvalue weighted by Gasteiger charge is 2.37. The molecular weight excluding hydrogens is 132 g/mol. The molecule has 3 nitrogen and oxygen atoms in total. The van der Waals surface area contributed by atoms with Gasteiger partial charge in [0.1, 0.15) is 6.29 Å². The summed E-state index contributed by atoms with van der Waals surface area (Å²) in [7, 11) is 0. The fourth-order valence-electron chi connectivity index (χ4n) is 0.854. The second-order valence-electron chi connectivity index (χ2n) is 2.60. The molecule has 0 saturated heterocycles. The summed E-state index contributed by atoms with van der Waals surface area (Å²) >= 11 is 0. The first-order valence-corrected chi connectivity index (χ1v) is 3.32. The molecular formula is C7H10O3. The Bertz CT molecular complexity index is 153. The fourth-order valence-corrected chi connectivity index (χ4v) is 0.854. The molecule has 0 radical (unpaired) electrons. The van der Waals surface area contributed by atoms with E-state index in [-0.39, 0.29) is 11.9 Å². The summed E-state index contributed by atoms with van der Waals surface area (Å²) in [5.41, 5.74) is 0. The summed E-state index contributed by atoms with van der Waals surface area (Å²) in [5.74, 6) is 0.192. The lowest BCUT2D eigenvalue weighted by molar-refractivity contribution is -0.141. The Labute approximate surface area is 59.4 Å². The van der Waals surface area contributed by atoms with Crippen molar-refractivity contribution in [1.29, 1.82) is 0 Å². The zero-order valence-electron chi connectivity index (χ0n) is 5.87. The van der Waals surface area contributed by atoms with E-state index in [0.29, 0.717) is 12.5 Å². The van der Waals surface area contributed by atoms with Gasteiger partial charge >= 0.3 is 5.97 Å². The van der Waals surface area contributed by atoms with Crippen LogP contribution in [0.5, 0.6) is 0 Å². The normalized spacial score (nSPS) is 29.3. The molecule has 2 atom stereocenters. The number of hydrogen-bond donors (Lipinski definition) is 0. The first-order chi connectivity index (χ1) is 4.74. The van der Waals surface area contributed by atoms with Gasteiger partial charge in [-0.15, -0.1) is 0 Å². The molecule has 1 fully saturated rings. The molecule has 0 unspecified atom stereocenters. The molecule has 0 aromatic heterocycles. The predicted molar refractivity (Wildman–Crippen MR) is 34.3 cm³/mol. The average molecular weight is 142 g/mol. The van der Waals surface area contributed by atoms with Crippen LogP contribution in [0.4, 0.5) is 0 Å². The van der Waals surface area contributed by atoms with E-state index < -0.39 is 0 Å². The van der Waals surface area contributed by atoms with Gasteiger partial charge in [-0.05, 0) is 6.42 Å². The molecule has 0 aliphatic heterocycles. The molecule has 0 bridgehead atoms. The molecule has 0 spiro atoms. The standard InChI is InChI=1S/C7H10O3/c1-5(9)10-4-7-2-6(7)3-8/h3,6-7H,2,4H2,1H3/t6-,7+/m1/s1. The molecule has 56 valence electrons. The molecule has 0 aromatic rings. The van der Waals surface area contributed by atoms with Crippen molar-refractivity contribution in [3.8, 4) is 0 Å². The number of hydrogen-bond acceptors (Lipinski definition) is 3. The Balaban J connectivity index is 2.07. The molecule has 0 amide bonds. The lowest BCUT2D eigenvalue weighted by atomic mass is 10.3. The van der Waals surface area contributed by atoms with Crippen LogP contribution in [-0.4, -0.2) is 18.9 Å². The largest absolute Gasteiger partial charge is 0.466 e. The zero-order chi connectivity index (χ0) is 7.56. The first kappa shape index (κ1) is 7.25. The van der Waals surface area contributed by atoms with Crippen molar-refractivity contribution in [3.05, 3.63) is 0 Å². The van der Waals surface area contributed by atoms with Crippen molar-refractivity contribution in [2.75, 3.05) is 6.61 Å². The minimum absolute atomic E-state index is 0.152. The van der Waals surface area contributed by atoms with Gasteiger partial charge in [-0.1, -0.05) is 0 Å². The van der Waals surface area contributed by atoms with Crippen LogP contribution in [0.3, 0.4) is 0 Å². The Morgan fingerprint density at radius 2 is 2.50 bits per heavy atom. The molecule has 1 rings (SSSR count). The van der Waals surface area contributed by atoms with E-state index in [4.69, 9.17) is 4.74 Å². The van der Waals surface area contributed by atoms with E-state index in [1.807, 2.05) is 0 Å². The van der Waals surface area contributed by atoms with Gasteiger partial charge in [-0.25, -0.2) is 0 Å². The summed E-state index contributed by atoms with van der Waals surface area (Å²) in [6, 6.07) is 0. The molecule has 1 aliphatic rings. The monoisotopic (exact) mass is 142 g/mol. The van der Waals surface area contributed by atoms with Gasteiger partial charge in [-0.2, -0.15) is 0 Å². The molecule has 1 saturated carbocycles. The van der Waals surface area contributed by atoms with Crippen molar-refractivity contribution >= 4 is 12.3 Å². The van der Waals surface area contributed by atoms with E-state index in [0.717, 1.165) is 12.7 Å². The van der Waals surface area contributed by atoms with Crippen LogP contribution in [0.1, 0.15) is 13.3 Å². The van der Waals surface area contributed by atoms with Gasteiger partial charge in [0.2, 0.25) is 0 Å². The minimum Gasteiger partial charge on any atom is -0.466 e. The smallest absolute Gasteiger partial charge is 0.302 e. The van der Waals surface area contributed by atoms with E-state index >= 15 is 0 Å². The maximum Gasteiger partial charge on any atom is 0.302 e. The number of carbonyl (C=O) groups excluding carboxylic acids is 2. The molecule has 3 heteroatoms. The van der Waals surface area contributed by atoms with E-state index in [2.05, 4.69) is 0 Å². The Kier molecular flexibility index (Phi) is 2.04. The van der Waals surface area contributed by atoms with Crippen molar-refractivity contribution < 1.29 is 14.3 Å². The van der Waals surface area contributed by atoms with Gasteiger partial charge in [0.15, 0.2) is 0 Å². The highest BCUT2D eigenvalue weighted by atomic mass is 16.5. The van der Waals surface area contributed by atoms with Crippen LogP contribution in [0.25, 0.3) is 0 Å². The summed E-state index contributed by atoms with van der Waals surface area (Å²) in [6.45, 7) is 1.79. The first-order valence-electron chi connectivity index (χ1n) is 3.32. The van der Waals surface area contributed by atoms with Crippen molar-refractivity contribution in [2.24, 2.45) is 11.8 Å². The molecule has 1 aliphatic carbocycles. The lowest BCUT2D eigenvalue weighted by Crippen LogP contribution is -2.03. The Morgan fingerprint density at radius 3 is 2.90 bits per heavy atom. The summed E-state index contributed by atoms with van der Waals surface area (Å²) in [5, 5.41) is 0. The van der Waals surface area contributed by atoms with Crippen LogP contribution >= 0.6 is 0 Å². The third-order valence-electron chi connectivity index (χ3n) is 1.65. The Hall–Kier alpha value is -0.860. The average Bonchev–Trinajstić information content (AvgIpc) is 2.61. The highest BCUT2D eigenvalue weighted by molar-refractivity contribution is 5.66. The summed E-state index contributed by atoms with van der Waals surface area (Å²) in [6.07, 6.45) is 1.81. The minimum atomic E-state index is -0.267. The van der Waals surface area contributed by atoms with Gasteiger partial charge < -0.3 is 9.53 Å². The van der Waals surface area contributed by atoms with Gasteiger partial charge in [-0.3, -0.25) is 4.79 Å². The molecule has 0 aromatic carbocycles. The SMILES string of the molecule is CC(=O)OC[C@@H]1C[C@@H]1C=O. The van der Waals surface area contributed by atoms with E-state index in [1.165, 1.54) is 6.92 Å².